The molecule has 1 saturated carbocycles. The van der Waals surface area contributed by atoms with Crippen LogP contribution in [0.15, 0.2) is 35.4 Å². The van der Waals surface area contributed by atoms with Crippen LogP contribution in [0.2, 0.25) is 0 Å². The maximum atomic E-state index is 14.7. The van der Waals surface area contributed by atoms with Crippen molar-refractivity contribution in [3.05, 3.63) is 41.7 Å². The summed E-state index contributed by atoms with van der Waals surface area (Å²) in [6, 6.07) is 0.907. The number of ether oxygens (including phenoxy) is 1. The van der Waals surface area contributed by atoms with Crippen molar-refractivity contribution < 1.29 is 51.0 Å². The molecule has 3 heterocycles. The van der Waals surface area contributed by atoms with Crippen LogP contribution in [0.5, 0.6) is 0 Å². The van der Waals surface area contributed by atoms with Gasteiger partial charge in [0.1, 0.15) is 23.2 Å². The van der Waals surface area contributed by atoms with Crippen molar-refractivity contribution in [2.24, 2.45) is 11.7 Å². The SMILES string of the molecule is CC(C)(O)c1cnnn1[C@H]1C[C@@H](C(=O)NC2(C(=O)C(N)=O)CCOCC2)N(C(=O)C(CC2CCCCC2)NC(=O)c2cccc(S(=O)(=O)C(F)F)c2)C1. The zero-order valence-electron chi connectivity index (χ0n) is 29.5. The number of Topliss-reactive ketones (excluding diaryl/α,β-unsaturated/α-hetero) is 1. The van der Waals surface area contributed by atoms with Gasteiger partial charge < -0.3 is 31.1 Å². The predicted octanol–water partition coefficient (Wildman–Crippen LogP) is 1.13. The van der Waals surface area contributed by atoms with Gasteiger partial charge in [-0.1, -0.05) is 43.4 Å². The van der Waals surface area contributed by atoms with E-state index in [1.807, 2.05) is 0 Å². The van der Waals surface area contributed by atoms with Crippen molar-refractivity contribution in [3.8, 4) is 0 Å². The van der Waals surface area contributed by atoms with E-state index < -0.39 is 79.2 Å². The van der Waals surface area contributed by atoms with Crippen LogP contribution in [0.4, 0.5) is 8.78 Å². The Labute approximate surface area is 305 Å². The summed E-state index contributed by atoms with van der Waals surface area (Å²) in [5.74, 6) is -8.30. The van der Waals surface area contributed by atoms with Crippen molar-refractivity contribution in [2.75, 3.05) is 19.8 Å². The van der Waals surface area contributed by atoms with E-state index in [0.717, 1.165) is 50.3 Å². The number of aliphatic hydroxyl groups is 1. The molecular weight excluding hydrogens is 720 g/mol. The summed E-state index contributed by atoms with van der Waals surface area (Å²) in [4.78, 5) is 68.3. The predicted molar refractivity (Wildman–Crippen MR) is 182 cm³/mol. The van der Waals surface area contributed by atoms with E-state index in [2.05, 4.69) is 20.9 Å². The highest BCUT2D eigenvalue weighted by Crippen LogP contribution is 2.34. The van der Waals surface area contributed by atoms with Crippen LogP contribution < -0.4 is 16.4 Å². The average Bonchev–Trinajstić information content (AvgIpc) is 3.80. The third-order valence-electron chi connectivity index (χ3n) is 10.3. The van der Waals surface area contributed by atoms with Gasteiger partial charge in [-0.25, -0.2) is 13.1 Å². The summed E-state index contributed by atoms with van der Waals surface area (Å²) in [5.41, 5.74) is 2.30. The van der Waals surface area contributed by atoms with Gasteiger partial charge in [0.2, 0.25) is 27.4 Å². The van der Waals surface area contributed by atoms with E-state index in [-0.39, 0.29) is 56.9 Å². The maximum Gasteiger partial charge on any atom is 0.341 e. The summed E-state index contributed by atoms with van der Waals surface area (Å²) in [6.07, 6.45) is 5.70. The molecule has 16 nitrogen and oxygen atoms in total. The highest BCUT2D eigenvalue weighted by Gasteiger charge is 2.49. The van der Waals surface area contributed by atoms with Crippen LogP contribution in [0.25, 0.3) is 0 Å². The van der Waals surface area contributed by atoms with Crippen LogP contribution in [-0.4, -0.2) is 106 Å². The standard InChI is InChI=1S/C34H45F2N7O9S/c1-33(2,49)26-18-38-41-43(26)22-17-25(30(47)40-34(27(44)28(37)45)11-13-52-14-12-34)42(19-22)31(48)24(15-20-7-4-3-5-8-20)39-29(46)21-9-6-10-23(16-21)53(50,51)32(35)36/h6,9-10,16,18,20,22,24-25,32,49H,3-5,7-8,11-15,17,19H2,1-2H3,(H2,37,45)(H,39,46)(H,40,47)/t22-,24?,25-/m0/s1. The van der Waals surface area contributed by atoms with Crippen LogP contribution in [0, 0.1) is 5.92 Å². The van der Waals surface area contributed by atoms with Gasteiger partial charge in [0.05, 0.1) is 22.8 Å². The summed E-state index contributed by atoms with van der Waals surface area (Å²) >= 11 is 0. The molecule has 2 saturated heterocycles. The molecule has 3 atom stereocenters. The smallest absolute Gasteiger partial charge is 0.341 e. The molecule has 53 heavy (non-hydrogen) atoms. The lowest BCUT2D eigenvalue weighted by Gasteiger charge is -2.37. The lowest BCUT2D eigenvalue weighted by atomic mass is 9.84. The molecule has 19 heteroatoms. The number of primary amides is 1. The highest BCUT2D eigenvalue weighted by molar-refractivity contribution is 7.91. The minimum Gasteiger partial charge on any atom is -0.384 e. The molecule has 1 unspecified atom stereocenters. The summed E-state index contributed by atoms with van der Waals surface area (Å²) < 4.78 is 57.8. The molecule has 1 aromatic heterocycles. The fourth-order valence-corrected chi connectivity index (χ4v) is 8.22. The number of halogens is 2. The quantitative estimate of drug-likeness (QED) is 0.211. The zero-order chi connectivity index (χ0) is 38.7. The van der Waals surface area contributed by atoms with Crippen LogP contribution in [0.1, 0.15) is 93.7 Å². The van der Waals surface area contributed by atoms with Gasteiger partial charge in [0.15, 0.2) is 0 Å². The van der Waals surface area contributed by atoms with E-state index in [1.54, 1.807) is 0 Å². The molecule has 290 valence electrons. The van der Waals surface area contributed by atoms with E-state index >= 15 is 0 Å². The number of likely N-dealkylation sites (tertiary alicyclic amines) is 1. The normalized spacial score (nSPS) is 21.6. The van der Waals surface area contributed by atoms with E-state index in [1.165, 1.54) is 35.7 Å². The second kappa shape index (κ2) is 15.9. The minimum absolute atomic E-state index is 0.00465. The number of sulfone groups is 1. The Kier molecular flexibility index (Phi) is 12.0. The Bertz CT molecular complexity index is 1820. The van der Waals surface area contributed by atoms with E-state index in [0.29, 0.717) is 5.69 Å². The average molecular weight is 766 g/mol. The molecule has 2 aliphatic heterocycles. The summed E-state index contributed by atoms with van der Waals surface area (Å²) in [5, 5.41) is 24.3. The van der Waals surface area contributed by atoms with Gasteiger partial charge in [-0.05, 0) is 44.4 Å². The van der Waals surface area contributed by atoms with Gasteiger partial charge in [0.25, 0.3) is 11.8 Å². The molecule has 1 aliphatic carbocycles. The number of nitrogens with zero attached hydrogens (tertiary/aromatic N) is 4. The molecule has 3 fully saturated rings. The van der Waals surface area contributed by atoms with Crippen LogP contribution >= 0.6 is 0 Å². The fraction of sp³-hybridized carbons (Fsp3) is 0.618. The number of rotatable bonds is 13. The number of benzene rings is 1. The Hall–Kier alpha value is -4.36. The topological polar surface area (TPSA) is 233 Å². The molecular formula is C34H45F2N7O9S. The van der Waals surface area contributed by atoms with E-state index in [9.17, 15) is 46.3 Å². The number of nitrogens with two attached hydrogens (primary N) is 1. The Morgan fingerprint density at radius 3 is 2.42 bits per heavy atom. The summed E-state index contributed by atoms with van der Waals surface area (Å²) in [7, 11) is -5.03. The molecule has 4 amide bonds. The number of amides is 4. The maximum absolute atomic E-state index is 14.7. The molecule has 3 aliphatic rings. The number of aromatic nitrogens is 3. The van der Waals surface area contributed by atoms with Crippen molar-refractivity contribution in [2.45, 2.75) is 112 Å². The molecule has 1 aromatic carbocycles. The van der Waals surface area contributed by atoms with Crippen LogP contribution in [0.3, 0.4) is 0 Å². The minimum atomic E-state index is -5.03. The molecule has 2 aromatic rings. The fourth-order valence-electron chi connectivity index (χ4n) is 7.45. The first-order valence-electron chi connectivity index (χ1n) is 17.5. The number of alkyl halides is 2. The third kappa shape index (κ3) is 8.73. The highest BCUT2D eigenvalue weighted by atomic mass is 32.2. The van der Waals surface area contributed by atoms with E-state index in [4.69, 9.17) is 10.5 Å². The van der Waals surface area contributed by atoms with Crippen molar-refractivity contribution >= 4 is 39.2 Å². The van der Waals surface area contributed by atoms with Gasteiger partial charge in [0, 0.05) is 44.6 Å². The number of hydrogen-bond acceptors (Lipinski definition) is 11. The Morgan fingerprint density at radius 2 is 1.79 bits per heavy atom. The molecule has 5 rings (SSSR count). The Morgan fingerprint density at radius 1 is 1.11 bits per heavy atom. The van der Waals surface area contributed by atoms with Crippen molar-refractivity contribution in [1.29, 1.82) is 0 Å². The zero-order valence-corrected chi connectivity index (χ0v) is 30.3. The monoisotopic (exact) mass is 765 g/mol. The second-order valence-corrected chi connectivity index (χ2v) is 16.4. The first-order valence-corrected chi connectivity index (χ1v) is 19.1. The number of nitrogens with one attached hydrogen (secondary N) is 2. The van der Waals surface area contributed by atoms with Gasteiger partial charge in [-0.15, -0.1) is 5.10 Å². The second-order valence-electron chi connectivity index (χ2n) is 14.5. The molecule has 0 radical (unpaired) electrons. The first kappa shape index (κ1) is 39.8. The van der Waals surface area contributed by atoms with Gasteiger partial charge in [-0.2, -0.15) is 8.78 Å². The van der Waals surface area contributed by atoms with Crippen LogP contribution in [-0.2, 0) is 39.4 Å². The number of hydrogen-bond donors (Lipinski definition) is 4. The van der Waals surface area contributed by atoms with Gasteiger partial charge in [-0.3, -0.25) is 24.0 Å². The molecule has 0 bridgehead atoms. The Balaban J connectivity index is 1.50. The van der Waals surface area contributed by atoms with Crippen molar-refractivity contribution in [3.63, 3.8) is 0 Å². The number of carbonyl (C=O) groups is 5. The largest absolute Gasteiger partial charge is 0.384 e. The van der Waals surface area contributed by atoms with Gasteiger partial charge >= 0.3 is 5.76 Å². The number of ketones is 1. The molecule has 0 spiro atoms. The lowest BCUT2D eigenvalue weighted by molar-refractivity contribution is -0.147. The summed E-state index contributed by atoms with van der Waals surface area (Å²) in [6.45, 7) is 3.01. The first-order chi connectivity index (χ1) is 24.9. The molecule has 5 N–H and O–H groups in total. The third-order valence-corrected chi connectivity index (χ3v) is 11.7. The lowest BCUT2D eigenvalue weighted by Crippen LogP contribution is -2.64. The number of carbonyl (C=O) groups excluding carboxylic acids is 5. The van der Waals surface area contributed by atoms with Crippen molar-refractivity contribution in [1.82, 2.24) is 30.5 Å².